The Morgan fingerprint density at radius 2 is 1.78 bits per heavy atom. The number of halogens is 2. The standard InChI is InChI=1S/C13H16Br2N2O/c14-10-5-4-6-11(15)13(10)16-9-12(18)17-7-2-1-3-8-17/h4-6,16H,1-3,7-9H2. The van der Waals surface area contributed by atoms with Gasteiger partial charge in [0.1, 0.15) is 0 Å². The summed E-state index contributed by atoms with van der Waals surface area (Å²) in [4.78, 5) is 14.0. The minimum Gasteiger partial charge on any atom is -0.374 e. The normalized spacial score (nSPS) is 15.6. The lowest BCUT2D eigenvalue weighted by Gasteiger charge is -2.27. The van der Waals surface area contributed by atoms with E-state index in [1.807, 2.05) is 23.1 Å². The van der Waals surface area contributed by atoms with E-state index in [9.17, 15) is 4.79 Å². The highest BCUT2D eigenvalue weighted by atomic mass is 79.9. The SMILES string of the molecule is O=C(CNc1c(Br)cccc1Br)N1CCCCC1. The van der Waals surface area contributed by atoms with E-state index < -0.39 is 0 Å². The second kappa shape index (κ2) is 6.57. The van der Waals surface area contributed by atoms with Gasteiger partial charge in [0.25, 0.3) is 0 Å². The lowest BCUT2D eigenvalue weighted by atomic mass is 10.1. The smallest absolute Gasteiger partial charge is 0.241 e. The van der Waals surface area contributed by atoms with Crippen molar-refractivity contribution in [1.29, 1.82) is 0 Å². The molecule has 0 bridgehead atoms. The number of nitrogens with zero attached hydrogens (tertiary/aromatic N) is 1. The summed E-state index contributed by atoms with van der Waals surface area (Å²) in [5.41, 5.74) is 0.933. The molecule has 1 saturated heterocycles. The number of nitrogens with one attached hydrogen (secondary N) is 1. The maximum Gasteiger partial charge on any atom is 0.241 e. The van der Waals surface area contributed by atoms with E-state index in [1.54, 1.807) is 0 Å². The number of piperidine rings is 1. The summed E-state index contributed by atoms with van der Waals surface area (Å²) in [5, 5.41) is 3.19. The fraction of sp³-hybridized carbons (Fsp3) is 0.462. The Hall–Kier alpha value is -0.550. The van der Waals surface area contributed by atoms with Crippen molar-refractivity contribution in [2.45, 2.75) is 19.3 Å². The topological polar surface area (TPSA) is 32.3 Å². The third kappa shape index (κ3) is 3.48. The van der Waals surface area contributed by atoms with Gasteiger partial charge in [-0.25, -0.2) is 0 Å². The van der Waals surface area contributed by atoms with Crippen molar-refractivity contribution in [1.82, 2.24) is 4.90 Å². The molecule has 1 aromatic rings. The zero-order valence-electron chi connectivity index (χ0n) is 10.1. The number of amides is 1. The molecule has 18 heavy (non-hydrogen) atoms. The second-order valence-corrected chi connectivity index (χ2v) is 6.10. The minimum atomic E-state index is 0.178. The number of rotatable bonds is 3. The highest BCUT2D eigenvalue weighted by Crippen LogP contribution is 2.30. The van der Waals surface area contributed by atoms with Gasteiger partial charge in [0, 0.05) is 22.0 Å². The number of hydrogen-bond acceptors (Lipinski definition) is 2. The summed E-state index contributed by atoms with van der Waals surface area (Å²) in [6.07, 6.45) is 3.50. The van der Waals surface area contributed by atoms with Crippen molar-refractivity contribution in [3.63, 3.8) is 0 Å². The van der Waals surface area contributed by atoms with E-state index in [-0.39, 0.29) is 5.91 Å². The molecular formula is C13H16Br2N2O. The molecule has 1 heterocycles. The van der Waals surface area contributed by atoms with Crippen LogP contribution >= 0.6 is 31.9 Å². The maximum atomic E-state index is 12.0. The molecule has 0 unspecified atom stereocenters. The molecule has 0 aliphatic carbocycles. The Labute approximate surface area is 124 Å². The molecule has 0 radical (unpaired) electrons. The predicted molar refractivity (Wildman–Crippen MR) is 80.8 cm³/mol. The van der Waals surface area contributed by atoms with E-state index in [0.29, 0.717) is 6.54 Å². The van der Waals surface area contributed by atoms with Crippen LogP contribution in [0.4, 0.5) is 5.69 Å². The average molecular weight is 376 g/mol. The molecule has 0 spiro atoms. The largest absolute Gasteiger partial charge is 0.374 e. The van der Waals surface area contributed by atoms with Gasteiger partial charge in [-0.1, -0.05) is 6.07 Å². The van der Waals surface area contributed by atoms with Crippen LogP contribution in [-0.2, 0) is 4.79 Å². The van der Waals surface area contributed by atoms with Crippen molar-refractivity contribution in [2.24, 2.45) is 0 Å². The molecular weight excluding hydrogens is 360 g/mol. The first-order valence-corrected chi connectivity index (χ1v) is 7.73. The third-order valence-corrected chi connectivity index (χ3v) is 4.41. The molecule has 98 valence electrons. The Bertz CT molecular complexity index is 411. The Balaban J connectivity index is 1.92. The van der Waals surface area contributed by atoms with Gasteiger partial charge in [0.15, 0.2) is 0 Å². The summed E-state index contributed by atoms with van der Waals surface area (Å²) >= 11 is 6.95. The lowest BCUT2D eigenvalue weighted by Crippen LogP contribution is -2.39. The van der Waals surface area contributed by atoms with Crippen LogP contribution in [0.5, 0.6) is 0 Å². The van der Waals surface area contributed by atoms with Gasteiger partial charge in [-0.2, -0.15) is 0 Å². The number of benzene rings is 1. The first-order valence-electron chi connectivity index (χ1n) is 6.14. The summed E-state index contributed by atoms with van der Waals surface area (Å²) in [6, 6.07) is 5.86. The molecule has 1 aromatic carbocycles. The quantitative estimate of drug-likeness (QED) is 0.874. The number of para-hydroxylation sites is 1. The number of carbonyl (C=O) groups is 1. The third-order valence-electron chi connectivity index (χ3n) is 3.09. The molecule has 1 aliphatic rings. The molecule has 1 aliphatic heterocycles. The first-order chi connectivity index (χ1) is 8.68. The fourth-order valence-corrected chi connectivity index (χ4v) is 3.36. The van der Waals surface area contributed by atoms with Crippen LogP contribution in [0.1, 0.15) is 19.3 Å². The van der Waals surface area contributed by atoms with Crippen molar-refractivity contribution in [2.75, 3.05) is 25.0 Å². The van der Waals surface area contributed by atoms with Crippen LogP contribution in [0.25, 0.3) is 0 Å². The van der Waals surface area contributed by atoms with E-state index in [4.69, 9.17) is 0 Å². The average Bonchev–Trinajstić information content (AvgIpc) is 2.39. The molecule has 2 rings (SSSR count). The van der Waals surface area contributed by atoms with Gasteiger partial charge in [-0.05, 0) is 63.3 Å². The molecule has 3 nitrogen and oxygen atoms in total. The van der Waals surface area contributed by atoms with Crippen LogP contribution in [0.3, 0.4) is 0 Å². The van der Waals surface area contributed by atoms with E-state index in [2.05, 4.69) is 37.2 Å². The van der Waals surface area contributed by atoms with Gasteiger partial charge in [-0.3, -0.25) is 4.79 Å². The van der Waals surface area contributed by atoms with Crippen LogP contribution in [0.2, 0.25) is 0 Å². The predicted octanol–water partition coefficient (Wildman–Crippen LogP) is 3.64. The summed E-state index contributed by atoms with van der Waals surface area (Å²) in [5.74, 6) is 0.178. The van der Waals surface area contributed by atoms with Crippen molar-refractivity contribution in [3.8, 4) is 0 Å². The minimum absolute atomic E-state index is 0.178. The van der Waals surface area contributed by atoms with E-state index >= 15 is 0 Å². The number of anilines is 1. The Morgan fingerprint density at radius 1 is 1.17 bits per heavy atom. The highest BCUT2D eigenvalue weighted by molar-refractivity contribution is 9.11. The van der Waals surface area contributed by atoms with Gasteiger partial charge in [0.05, 0.1) is 12.2 Å². The van der Waals surface area contributed by atoms with Crippen molar-refractivity contribution >= 4 is 43.5 Å². The molecule has 1 fully saturated rings. The Morgan fingerprint density at radius 3 is 2.39 bits per heavy atom. The number of carbonyl (C=O) groups excluding carboxylic acids is 1. The summed E-state index contributed by atoms with van der Waals surface area (Å²) < 4.78 is 1.92. The van der Waals surface area contributed by atoms with Gasteiger partial charge >= 0.3 is 0 Å². The zero-order valence-corrected chi connectivity index (χ0v) is 13.3. The van der Waals surface area contributed by atoms with Crippen LogP contribution in [0, 0.1) is 0 Å². The molecule has 5 heteroatoms. The zero-order chi connectivity index (χ0) is 13.0. The Kier molecular flexibility index (Phi) is 5.06. The molecule has 0 aromatic heterocycles. The maximum absolute atomic E-state index is 12.0. The number of likely N-dealkylation sites (tertiary alicyclic amines) is 1. The molecule has 1 amide bonds. The monoisotopic (exact) mass is 374 g/mol. The fourth-order valence-electron chi connectivity index (χ4n) is 2.09. The lowest BCUT2D eigenvalue weighted by molar-refractivity contribution is -0.130. The van der Waals surface area contributed by atoms with Crippen LogP contribution in [-0.4, -0.2) is 30.4 Å². The van der Waals surface area contributed by atoms with Gasteiger partial charge in [0.2, 0.25) is 5.91 Å². The summed E-state index contributed by atoms with van der Waals surface area (Å²) in [7, 11) is 0. The van der Waals surface area contributed by atoms with E-state index in [0.717, 1.165) is 40.6 Å². The van der Waals surface area contributed by atoms with Crippen molar-refractivity contribution < 1.29 is 4.79 Å². The van der Waals surface area contributed by atoms with Crippen LogP contribution in [0.15, 0.2) is 27.1 Å². The molecule has 1 N–H and O–H groups in total. The molecule has 0 atom stereocenters. The number of hydrogen-bond donors (Lipinski definition) is 1. The molecule has 0 saturated carbocycles. The second-order valence-electron chi connectivity index (χ2n) is 4.39. The van der Waals surface area contributed by atoms with Crippen molar-refractivity contribution in [3.05, 3.63) is 27.1 Å². The van der Waals surface area contributed by atoms with Crippen LogP contribution < -0.4 is 5.32 Å². The van der Waals surface area contributed by atoms with Gasteiger partial charge < -0.3 is 10.2 Å². The van der Waals surface area contributed by atoms with E-state index in [1.165, 1.54) is 6.42 Å². The first kappa shape index (κ1) is 13.9. The summed E-state index contributed by atoms with van der Waals surface area (Å²) in [6.45, 7) is 2.15. The highest BCUT2D eigenvalue weighted by Gasteiger charge is 2.16. The van der Waals surface area contributed by atoms with Gasteiger partial charge in [-0.15, -0.1) is 0 Å².